The molecule has 0 atom stereocenters. The van der Waals surface area contributed by atoms with E-state index in [1.165, 1.54) is 13.2 Å². The number of esters is 1. The Kier molecular flexibility index (Phi) is 6.89. The van der Waals surface area contributed by atoms with Crippen molar-refractivity contribution in [2.24, 2.45) is 0 Å². The first-order chi connectivity index (χ1) is 16.2. The molecule has 34 heavy (non-hydrogen) atoms. The molecule has 0 unspecified atom stereocenters. The number of benzene rings is 3. The summed E-state index contributed by atoms with van der Waals surface area (Å²) in [6.45, 7) is 6.78. The van der Waals surface area contributed by atoms with Gasteiger partial charge in [0.15, 0.2) is 5.75 Å². The maximum atomic E-state index is 15.3. The fourth-order valence-electron chi connectivity index (χ4n) is 4.26. The Balaban J connectivity index is 1.58. The summed E-state index contributed by atoms with van der Waals surface area (Å²) in [7, 11) is 1.48. The molecular weight excluding hydrogens is 433 g/mol. The van der Waals surface area contributed by atoms with E-state index in [-0.39, 0.29) is 5.82 Å². The van der Waals surface area contributed by atoms with Gasteiger partial charge in [-0.2, -0.15) is 4.89 Å². The van der Waals surface area contributed by atoms with E-state index in [0.717, 1.165) is 30.6 Å². The number of halogens is 1. The number of nitrogens with zero attached hydrogens (tertiary/aromatic N) is 1. The molecule has 0 saturated carbocycles. The van der Waals surface area contributed by atoms with Gasteiger partial charge in [-0.3, -0.25) is 0 Å². The normalized spacial score (nSPS) is 13.4. The van der Waals surface area contributed by atoms with E-state index in [0.29, 0.717) is 34.5 Å². The van der Waals surface area contributed by atoms with Gasteiger partial charge < -0.3 is 14.5 Å². The van der Waals surface area contributed by atoms with Crippen molar-refractivity contribution in [2.45, 2.75) is 45.8 Å². The second-order valence-corrected chi connectivity index (χ2v) is 9.42. The monoisotopic (exact) mass is 463 g/mol. The molecule has 0 bridgehead atoms. The highest BCUT2D eigenvalue weighted by atomic mass is 19.1. The largest absolute Gasteiger partial charge is 0.456 e. The van der Waals surface area contributed by atoms with Gasteiger partial charge in [-0.1, -0.05) is 30.3 Å². The molecule has 0 radical (unpaired) electrons. The van der Waals surface area contributed by atoms with Crippen LogP contribution in [0.1, 0.15) is 48.7 Å². The molecule has 178 valence electrons. The Labute approximate surface area is 200 Å². The van der Waals surface area contributed by atoms with Crippen molar-refractivity contribution in [1.82, 2.24) is 0 Å². The predicted octanol–water partition coefficient (Wildman–Crippen LogP) is 6.34. The van der Waals surface area contributed by atoms with Gasteiger partial charge in [0, 0.05) is 24.3 Å². The van der Waals surface area contributed by atoms with Gasteiger partial charge in [-0.25, -0.2) is 9.18 Å². The Hall–Kier alpha value is -3.38. The first-order valence-electron chi connectivity index (χ1n) is 11.4. The molecular formula is C28H30FNO4. The molecule has 6 heteroatoms. The second-order valence-electron chi connectivity index (χ2n) is 9.42. The van der Waals surface area contributed by atoms with Crippen molar-refractivity contribution in [3.8, 4) is 16.9 Å². The molecule has 0 fully saturated rings. The Morgan fingerprint density at radius 1 is 1.06 bits per heavy atom. The number of carbonyl (C=O) groups is 1. The summed E-state index contributed by atoms with van der Waals surface area (Å²) < 4.78 is 20.8. The third-order valence-corrected chi connectivity index (χ3v) is 5.72. The molecule has 0 spiro atoms. The summed E-state index contributed by atoms with van der Waals surface area (Å²) >= 11 is 0. The Morgan fingerprint density at radius 2 is 1.85 bits per heavy atom. The van der Waals surface area contributed by atoms with Crippen LogP contribution in [0.3, 0.4) is 0 Å². The summed E-state index contributed by atoms with van der Waals surface area (Å²) in [5.41, 5.74) is 3.93. The maximum absolute atomic E-state index is 15.3. The SMILES string of the molecule is COOc1ccc2c(c1)CCCN2Cc1ccc(-c2ccccc2C(=O)OC(C)(C)C)cc1F. The van der Waals surface area contributed by atoms with Crippen LogP contribution in [0.4, 0.5) is 10.1 Å². The average molecular weight is 464 g/mol. The fourth-order valence-corrected chi connectivity index (χ4v) is 4.26. The lowest BCUT2D eigenvalue weighted by Gasteiger charge is -2.31. The van der Waals surface area contributed by atoms with E-state index in [4.69, 9.17) is 14.5 Å². The van der Waals surface area contributed by atoms with E-state index in [2.05, 4.69) is 4.90 Å². The molecule has 1 heterocycles. The van der Waals surface area contributed by atoms with Gasteiger partial charge in [0.2, 0.25) is 0 Å². The van der Waals surface area contributed by atoms with Crippen LogP contribution in [-0.4, -0.2) is 25.2 Å². The van der Waals surface area contributed by atoms with Gasteiger partial charge in [0.1, 0.15) is 11.4 Å². The Morgan fingerprint density at radius 3 is 2.59 bits per heavy atom. The standard InChI is InChI=1S/C28H30FNO4/c1-28(2,3)33-27(31)24-10-6-5-9-23(24)19-11-12-21(25(29)17-19)18-30-15-7-8-20-16-22(34-32-4)13-14-26(20)30/h5-6,9-14,16-17H,7-8,15,18H2,1-4H3. The molecule has 0 aromatic heterocycles. The lowest BCUT2D eigenvalue weighted by atomic mass is 9.97. The molecule has 5 nitrogen and oxygen atoms in total. The van der Waals surface area contributed by atoms with Crippen LogP contribution in [0.5, 0.6) is 5.75 Å². The van der Waals surface area contributed by atoms with Crippen LogP contribution in [0.15, 0.2) is 60.7 Å². The van der Waals surface area contributed by atoms with Crippen molar-refractivity contribution in [1.29, 1.82) is 0 Å². The van der Waals surface area contributed by atoms with Crippen molar-refractivity contribution >= 4 is 11.7 Å². The molecule has 0 amide bonds. The topological polar surface area (TPSA) is 48.0 Å². The predicted molar refractivity (Wildman–Crippen MR) is 130 cm³/mol. The number of anilines is 1. The zero-order chi connectivity index (χ0) is 24.3. The minimum Gasteiger partial charge on any atom is -0.456 e. The van der Waals surface area contributed by atoms with Gasteiger partial charge in [0.05, 0.1) is 12.7 Å². The molecule has 0 aliphatic carbocycles. The van der Waals surface area contributed by atoms with E-state index in [1.807, 2.05) is 57.2 Å². The summed E-state index contributed by atoms with van der Waals surface area (Å²) in [4.78, 5) is 24.8. The number of rotatable bonds is 6. The number of hydrogen-bond acceptors (Lipinski definition) is 5. The third kappa shape index (κ3) is 5.39. The Bertz CT molecular complexity index is 1190. The number of fused-ring (bicyclic) bond motifs is 1. The van der Waals surface area contributed by atoms with E-state index < -0.39 is 11.6 Å². The smallest absolute Gasteiger partial charge is 0.339 e. The third-order valence-electron chi connectivity index (χ3n) is 5.72. The molecule has 0 saturated heterocycles. The highest BCUT2D eigenvalue weighted by Crippen LogP contribution is 2.33. The summed E-state index contributed by atoms with van der Waals surface area (Å²) in [5, 5.41) is 0. The highest BCUT2D eigenvalue weighted by molar-refractivity contribution is 5.97. The number of ether oxygens (including phenoxy) is 1. The van der Waals surface area contributed by atoms with Gasteiger partial charge in [-0.15, -0.1) is 0 Å². The zero-order valence-electron chi connectivity index (χ0n) is 20.1. The minimum atomic E-state index is -0.611. The first kappa shape index (κ1) is 23.8. The summed E-state index contributed by atoms with van der Waals surface area (Å²) in [5.74, 6) is -0.0698. The molecule has 1 aliphatic heterocycles. The minimum absolute atomic E-state index is 0.303. The van der Waals surface area contributed by atoms with E-state index >= 15 is 4.39 Å². The van der Waals surface area contributed by atoms with Crippen molar-refractivity contribution < 1.29 is 23.7 Å². The highest BCUT2D eigenvalue weighted by Gasteiger charge is 2.22. The van der Waals surface area contributed by atoms with Crippen LogP contribution in [0.25, 0.3) is 11.1 Å². The van der Waals surface area contributed by atoms with Crippen LogP contribution in [0, 0.1) is 5.82 Å². The van der Waals surface area contributed by atoms with Crippen LogP contribution < -0.4 is 9.79 Å². The quantitative estimate of drug-likeness (QED) is 0.242. The van der Waals surface area contributed by atoms with Crippen molar-refractivity contribution in [3.63, 3.8) is 0 Å². The first-order valence-corrected chi connectivity index (χ1v) is 11.4. The van der Waals surface area contributed by atoms with E-state index in [9.17, 15) is 4.79 Å². The van der Waals surface area contributed by atoms with Gasteiger partial charge >= 0.3 is 5.97 Å². The molecule has 3 aromatic rings. The molecule has 0 N–H and O–H groups in total. The van der Waals surface area contributed by atoms with E-state index in [1.54, 1.807) is 18.2 Å². The summed E-state index contributed by atoms with van der Waals surface area (Å²) in [6, 6.07) is 18.1. The number of hydrogen-bond donors (Lipinski definition) is 0. The zero-order valence-corrected chi connectivity index (χ0v) is 20.1. The van der Waals surface area contributed by atoms with Crippen LogP contribution in [0.2, 0.25) is 0 Å². The lowest BCUT2D eigenvalue weighted by molar-refractivity contribution is -0.178. The average Bonchev–Trinajstić information content (AvgIpc) is 2.79. The second kappa shape index (κ2) is 9.85. The lowest BCUT2D eigenvalue weighted by Crippen LogP contribution is -2.29. The van der Waals surface area contributed by atoms with Crippen LogP contribution >= 0.6 is 0 Å². The van der Waals surface area contributed by atoms with Crippen molar-refractivity contribution in [2.75, 3.05) is 18.6 Å². The van der Waals surface area contributed by atoms with Gasteiger partial charge in [0.25, 0.3) is 0 Å². The fraction of sp³-hybridized carbons (Fsp3) is 0.321. The van der Waals surface area contributed by atoms with Crippen LogP contribution in [-0.2, 0) is 22.6 Å². The maximum Gasteiger partial charge on any atom is 0.339 e. The number of carbonyl (C=O) groups excluding carboxylic acids is 1. The van der Waals surface area contributed by atoms with Crippen molar-refractivity contribution in [3.05, 3.63) is 83.2 Å². The number of aryl methyl sites for hydroxylation is 1. The summed E-state index contributed by atoms with van der Waals surface area (Å²) in [6.07, 6.45) is 1.92. The molecule has 3 aromatic carbocycles. The van der Waals surface area contributed by atoms with Gasteiger partial charge in [-0.05, 0) is 80.6 Å². The molecule has 4 rings (SSSR count). The molecule has 1 aliphatic rings.